The minimum Gasteiger partial charge on any atom is -0.490 e. The molecule has 0 bridgehead atoms. The molecule has 3 N–H and O–H groups in total. The third kappa shape index (κ3) is 8.59. The number of anilines is 2. The first kappa shape index (κ1) is 25.4. The summed E-state index contributed by atoms with van der Waals surface area (Å²) < 4.78 is 16.6. The molecule has 3 rings (SSSR count). The summed E-state index contributed by atoms with van der Waals surface area (Å²) >= 11 is 0. The number of ether oxygens (including phenoxy) is 3. The summed E-state index contributed by atoms with van der Waals surface area (Å²) in [6.45, 7) is 4.27. The SMILES string of the molecule is COC(=O)CCCOc1cc(NC(=O)Cc2ccc(N)cc2)ccc1OCCCN1CCCC1. The van der Waals surface area contributed by atoms with Crippen LogP contribution in [-0.4, -0.2) is 56.7 Å². The monoisotopic (exact) mass is 469 g/mol. The summed E-state index contributed by atoms with van der Waals surface area (Å²) in [7, 11) is 1.37. The Morgan fingerprint density at radius 1 is 0.971 bits per heavy atom. The number of benzene rings is 2. The topological polar surface area (TPSA) is 103 Å². The largest absolute Gasteiger partial charge is 0.490 e. The first-order valence-corrected chi connectivity index (χ1v) is 11.9. The van der Waals surface area contributed by atoms with Crippen molar-refractivity contribution in [3.8, 4) is 11.5 Å². The van der Waals surface area contributed by atoms with Gasteiger partial charge in [0.05, 0.1) is 26.7 Å². The fourth-order valence-electron chi connectivity index (χ4n) is 3.82. The van der Waals surface area contributed by atoms with Crippen LogP contribution in [0.2, 0.25) is 0 Å². The van der Waals surface area contributed by atoms with E-state index in [2.05, 4.69) is 15.0 Å². The van der Waals surface area contributed by atoms with Crippen LogP contribution in [-0.2, 0) is 20.7 Å². The molecule has 0 unspecified atom stereocenters. The van der Waals surface area contributed by atoms with Crippen molar-refractivity contribution in [2.24, 2.45) is 0 Å². The lowest BCUT2D eigenvalue weighted by molar-refractivity contribution is -0.140. The molecule has 1 heterocycles. The van der Waals surface area contributed by atoms with Crippen LogP contribution in [0, 0.1) is 0 Å². The van der Waals surface area contributed by atoms with Crippen LogP contribution in [0.4, 0.5) is 11.4 Å². The van der Waals surface area contributed by atoms with E-state index in [9.17, 15) is 9.59 Å². The standard InChI is InChI=1S/C26H35N3O5/c1-32-26(31)6-4-16-34-24-19-22(28-25(30)18-20-7-9-21(27)10-8-20)11-12-23(24)33-17-5-15-29-13-2-3-14-29/h7-12,19H,2-6,13-18,27H2,1H3,(H,28,30). The van der Waals surface area contributed by atoms with Crippen molar-refractivity contribution in [2.75, 3.05) is 51.0 Å². The van der Waals surface area contributed by atoms with Gasteiger partial charge in [-0.2, -0.15) is 0 Å². The Morgan fingerprint density at radius 3 is 2.41 bits per heavy atom. The number of carbonyl (C=O) groups is 2. The molecule has 1 amide bonds. The highest BCUT2D eigenvalue weighted by atomic mass is 16.5. The van der Waals surface area contributed by atoms with Gasteiger partial charge in [-0.3, -0.25) is 9.59 Å². The number of likely N-dealkylation sites (tertiary alicyclic amines) is 1. The molecule has 1 saturated heterocycles. The van der Waals surface area contributed by atoms with Gasteiger partial charge in [0.2, 0.25) is 5.91 Å². The van der Waals surface area contributed by atoms with Crippen molar-refractivity contribution in [1.29, 1.82) is 0 Å². The zero-order valence-electron chi connectivity index (χ0n) is 19.9. The highest BCUT2D eigenvalue weighted by molar-refractivity contribution is 5.92. The zero-order chi connectivity index (χ0) is 24.2. The normalized spacial score (nSPS) is 13.4. The van der Waals surface area contributed by atoms with E-state index < -0.39 is 0 Å². The third-order valence-corrected chi connectivity index (χ3v) is 5.66. The molecule has 1 aliphatic rings. The molecular formula is C26H35N3O5. The van der Waals surface area contributed by atoms with Crippen molar-refractivity contribution in [3.05, 3.63) is 48.0 Å². The smallest absolute Gasteiger partial charge is 0.305 e. The summed E-state index contributed by atoms with van der Waals surface area (Å²) in [6.07, 6.45) is 4.52. The molecule has 0 radical (unpaired) electrons. The summed E-state index contributed by atoms with van der Waals surface area (Å²) in [4.78, 5) is 26.3. The number of hydrogen-bond donors (Lipinski definition) is 2. The second kappa shape index (κ2) is 13.4. The van der Waals surface area contributed by atoms with Crippen molar-refractivity contribution >= 4 is 23.3 Å². The predicted octanol–water partition coefficient (Wildman–Crippen LogP) is 3.65. The number of esters is 1. The van der Waals surface area contributed by atoms with Crippen molar-refractivity contribution in [1.82, 2.24) is 4.90 Å². The van der Waals surface area contributed by atoms with E-state index in [1.165, 1.54) is 33.0 Å². The van der Waals surface area contributed by atoms with Gasteiger partial charge in [0.25, 0.3) is 0 Å². The second-order valence-electron chi connectivity index (χ2n) is 8.41. The Morgan fingerprint density at radius 2 is 1.68 bits per heavy atom. The second-order valence-corrected chi connectivity index (χ2v) is 8.41. The highest BCUT2D eigenvalue weighted by Gasteiger charge is 2.13. The van der Waals surface area contributed by atoms with E-state index in [1.807, 2.05) is 18.2 Å². The Bertz CT molecular complexity index is 927. The van der Waals surface area contributed by atoms with Crippen LogP contribution in [0.3, 0.4) is 0 Å². The molecule has 0 atom stereocenters. The van der Waals surface area contributed by atoms with Crippen molar-refractivity contribution in [2.45, 2.75) is 38.5 Å². The molecule has 2 aromatic rings. The average Bonchev–Trinajstić information content (AvgIpc) is 3.35. The number of methoxy groups -OCH3 is 1. The molecule has 8 nitrogen and oxygen atoms in total. The fraction of sp³-hybridized carbons (Fsp3) is 0.462. The third-order valence-electron chi connectivity index (χ3n) is 5.66. The molecule has 0 saturated carbocycles. The highest BCUT2D eigenvalue weighted by Crippen LogP contribution is 2.31. The maximum Gasteiger partial charge on any atom is 0.305 e. The number of nitrogens with zero attached hydrogens (tertiary/aromatic N) is 1. The lowest BCUT2D eigenvalue weighted by atomic mass is 10.1. The minimum atomic E-state index is -0.273. The molecule has 2 aromatic carbocycles. The zero-order valence-corrected chi connectivity index (χ0v) is 19.9. The predicted molar refractivity (Wildman–Crippen MR) is 132 cm³/mol. The fourth-order valence-corrected chi connectivity index (χ4v) is 3.82. The lowest BCUT2D eigenvalue weighted by Crippen LogP contribution is -2.22. The van der Waals surface area contributed by atoms with Crippen LogP contribution in [0.1, 0.15) is 37.7 Å². The first-order chi connectivity index (χ1) is 16.5. The van der Waals surface area contributed by atoms with Gasteiger partial charge < -0.3 is 30.2 Å². The number of rotatable bonds is 13. The van der Waals surface area contributed by atoms with E-state index in [0.29, 0.717) is 42.5 Å². The van der Waals surface area contributed by atoms with Crippen molar-refractivity contribution in [3.63, 3.8) is 0 Å². The maximum absolute atomic E-state index is 12.5. The van der Waals surface area contributed by atoms with E-state index in [-0.39, 0.29) is 24.7 Å². The van der Waals surface area contributed by atoms with Gasteiger partial charge in [-0.25, -0.2) is 0 Å². The minimum absolute atomic E-state index is 0.138. The van der Waals surface area contributed by atoms with Crippen LogP contribution in [0.15, 0.2) is 42.5 Å². The molecule has 1 fully saturated rings. The summed E-state index contributed by atoms with van der Waals surface area (Å²) in [5.74, 6) is 0.749. The quantitative estimate of drug-likeness (QED) is 0.262. The van der Waals surface area contributed by atoms with Gasteiger partial charge in [0, 0.05) is 30.4 Å². The number of nitrogens with one attached hydrogen (secondary N) is 1. The van der Waals surface area contributed by atoms with Gasteiger partial charge >= 0.3 is 5.97 Å². The summed E-state index contributed by atoms with van der Waals surface area (Å²) in [5, 5.41) is 2.91. The number of nitrogen functional groups attached to an aromatic ring is 1. The summed E-state index contributed by atoms with van der Waals surface area (Å²) in [6, 6.07) is 12.6. The van der Waals surface area contributed by atoms with E-state index >= 15 is 0 Å². The Balaban J connectivity index is 1.57. The maximum atomic E-state index is 12.5. The van der Waals surface area contributed by atoms with Crippen LogP contribution in [0.5, 0.6) is 11.5 Å². The molecule has 8 heteroatoms. The Kier molecular flexibility index (Phi) is 10.0. The summed E-state index contributed by atoms with van der Waals surface area (Å²) in [5.41, 5.74) is 7.87. The van der Waals surface area contributed by atoms with Gasteiger partial charge in [0.15, 0.2) is 11.5 Å². The lowest BCUT2D eigenvalue weighted by Gasteiger charge is -2.17. The number of nitrogens with two attached hydrogens (primary N) is 1. The van der Waals surface area contributed by atoms with Gasteiger partial charge in [-0.1, -0.05) is 12.1 Å². The molecule has 1 aliphatic heterocycles. The van der Waals surface area contributed by atoms with Crippen LogP contribution >= 0.6 is 0 Å². The molecule has 0 aromatic heterocycles. The molecule has 0 spiro atoms. The number of carbonyl (C=O) groups excluding carboxylic acids is 2. The van der Waals surface area contributed by atoms with Gasteiger partial charge in [-0.15, -0.1) is 0 Å². The number of amides is 1. The van der Waals surface area contributed by atoms with Crippen molar-refractivity contribution < 1.29 is 23.8 Å². The van der Waals surface area contributed by atoms with E-state index in [1.54, 1.807) is 24.3 Å². The average molecular weight is 470 g/mol. The molecule has 34 heavy (non-hydrogen) atoms. The first-order valence-electron chi connectivity index (χ1n) is 11.9. The Labute approximate surface area is 201 Å². The number of hydrogen-bond acceptors (Lipinski definition) is 7. The molecular weight excluding hydrogens is 434 g/mol. The van der Waals surface area contributed by atoms with Crippen LogP contribution in [0.25, 0.3) is 0 Å². The van der Waals surface area contributed by atoms with Crippen LogP contribution < -0.4 is 20.5 Å². The van der Waals surface area contributed by atoms with E-state index in [4.69, 9.17) is 15.2 Å². The molecule has 184 valence electrons. The van der Waals surface area contributed by atoms with Gasteiger partial charge in [-0.05, 0) is 68.6 Å². The molecule has 0 aliphatic carbocycles. The Hall–Kier alpha value is -3.26. The van der Waals surface area contributed by atoms with E-state index in [0.717, 1.165) is 18.5 Å². The van der Waals surface area contributed by atoms with Gasteiger partial charge in [0.1, 0.15) is 0 Å².